The van der Waals surface area contributed by atoms with Crippen LogP contribution in [0.1, 0.15) is 30.5 Å². The minimum Gasteiger partial charge on any atom is -0.365 e. The molecule has 1 heterocycles. The Balaban J connectivity index is 2.00. The van der Waals surface area contributed by atoms with Gasteiger partial charge in [0.2, 0.25) is 0 Å². The van der Waals surface area contributed by atoms with Crippen LogP contribution in [0.25, 0.3) is 5.57 Å². The van der Waals surface area contributed by atoms with Gasteiger partial charge in [0, 0.05) is 19.2 Å². The van der Waals surface area contributed by atoms with Gasteiger partial charge in [0.25, 0.3) is 0 Å². The van der Waals surface area contributed by atoms with Gasteiger partial charge >= 0.3 is 0 Å². The van der Waals surface area contributed by atoms with Crippen molar-refractivity contribution in [1.29, 1.82) is 0 Å². The summed E-state index contributed by atoms with van der Waals surface area (Å²) in [5.41, 5.74) is 6.51. The fourth-order valence-electron chi connectivity index (χ4n) is 3.15. The Bertz CT molecular complexity index is 654. The van der Waals surface area contributed by atoms with Gasteiger partial charge in [-0.3, -0.25) is 0 Å². The first-order valence-electron chi connectivity index (χ1n) is 7.10. The molecule has 1 atom stereocenters. The van der Waals surface area contributed by atoms with Crippen LogP contribution in [0.4, 0.5) is 5.69 Å². The van der Waals surface area contributed by atoms with E-state index in [2.05, 4.69) is 74.0 Å². The lowest BCUT2D eigenvalue weighted by Crippen LogP contribution is -2.38. The largest absolute Gasteiger partial charge is 0.365 e. The molecular weight excluding hydrogens is 242 g/mol. The lowest BCUT2D eigenvalue weighted by molar-refractivity contribution is 0.491. The van der Waals surface area contributed by atoms with Crippen LogP contribution in [-0.4, -0.2) is 7.05 Å². The van der Waals surface area contributed by atoms with Gasteiger partial charge in [-0.15, -0.1) is 0 Å². The highest BCUT2D eigenvalue weighted by molar-refractivity contribution is 5.64. The van der Waals surface area contributed by atoms with Gasteiger partial charge in [-0.25, -0.2) is 0 Å². The van der Waals surface area contributed by atoms with E-state index in [1.165, 1.54) is 22.4 Å². The van der Waals surface area contributed by atoms with E-state index >= 15 is 0 Å². The number of allylic oxidation sites excluding steroid dienone is 1. The van der Waals surface area contributed by atoms with Crippen molar-refractivity contribution < 1.29 is 0 Å². The van der Waals surface area contributed by atoms with E-state index in [9.17, 15) is 0 Å². The maximum absolute atomic E-state index is 4.01. The lowest BCUT2D eigenvalue weighted by Gasteiger charge is -2.35. The van der Waals surface area contributed by atoms with Crippen LogP contribution in [0.3, 0.4) is 0 Å². The number of para-hydroxylation sites is 1. The van der Waals surface area contributed by atoms with Gasteiger partial charge in [0.05, 0.1) is 5.54 Å². The summed E-state index contributed by atoms with van der Waals surface area (Å²) in [7, 11) is 2.19. The molecule has 0 radical (unpaired) electrons. The van der Waals surface area contributed by atoms with Crippen molar-refractivity contribution in [3.8, 4) is 0 Å². The van der Waals surface area contributed by atoms with Crippen LogP contribution in [-0.2, 0) is 12.0 Å². The number of nitrogens with zero attached hydrogens (tertiary/aromatic N) is 1. The summed E-state index contributed by atoms with van der Waals surface area (Å²) in [5.74, 6) is 0. The Hall–Kier alpha value is -2.02. The highest BCUT2D eigenvalue weighted by Gasteiger charge is 2.38. The molecule has 0 saturated heterocycles. The van der Waals surface area contributed by atoms with E-state index in [0.29, 0.717) is 0 Å². The molecule has 0 saturated carbocycles. The van der Waals surface area contributed by atoms with Crippen LogP contribution in [0.5, 0.6) is 0 Å². The van der Waals surface area contributed by atoms with Gasteiger partial charge in [-0.2, -0.15) is 0 Å². The number of hydrogen-bond donors (Lipinski definition) is 0. The molecule has 0 bridgehead atoms. The number of fused-ring (bicyclic) bond motifs is 1. The fraction of sp³-hybridized carbons (Fsp3) is 0.263. The second-order valence-corrected chi connectivity index (χ2v) is 6.00. The third-order valence-electron chi connectivity index (χ3n) is 4.63. The summed E-state index contributed by atoms with van der Waals surface area (Å²) in [6, 6.07) is 17.5. The van der Waals surface area contributed by atoms with Crippen molar-refractivity contribution in [2.75, 3.05) is 11.9 Å². The maximum Gasteiger partial charge on any atom is 0.0663 e. The minimum atomic E-state index is 0.0390. The van der Waals surface area contributed by atoms with Gasteiger partial charge in [0.1, 0.15) is 0 Å². The molecule has 3 rings (SSSR count). The van der Waals surface area contributed by atoms with Crippen molar-refractivity contribution in [3.05, 3.63) is 71.8 Å². The Kier molecular flexibility index (Phi) is 2.93. The average molecular weight is 263 g/mol. The minimum absolute atomic E-state index is 0.0390. The monoisotopic (exact) mass is 263 g/mol. The zero-order valence-corrected chi connectivity index (χ0v) is 12.5. The predicted octanol–water partition coefficient (Wildman–Crippen LogP) is 4.63. The normalized spacial score (nSPS) is 20.9. The number of likely N-dealkylation sites (N-methyl/N-ethyl adjacent to an activating group) is 1. The van der Waals surface area contributed by atoms with Crippen LogP contribution < -0.4 is 4.90 Å². The van der Waals surface area contributed by atoms with E-state index < -0.39 is 0 Å². The average Bonchev–Trinajstić information content (AvgIpc) is 2.72. The number of rotatable bonds is 2. The molecule has 0 aliphatic carbocycles. The summed E-state index contributed by atoms with van der Waals surface area (Å²) in [5, 5.41) is 0. The van der Waals surface area contributed by atoms with Gasteiger partial charge in [0.15, 0.2) is 0 Å². The molecule has 2 aromatic rings. The first kappa shape index (κ1) is 13.0. The summed E-state index contributed by atoms with van der Waals surface area (Å²) in [6.07, 6.45) is 1.06. The molecule has 0 fully saturated rings. The molecule has 1 heteroatoms. The second-order valence-electron chi connectivity index (χ2n) is 6.00. The maximum atomic E-state index is 4.01. The lowest BCUT2D eigenvalue weighted by atomic mass is 9.87. The molecule has 1 aliphatic rings. The number of benzene rings is 2. The van der Waals surface area contributed by atoms with Gasteiger partial charge in [-0.1, -0.05) is 54.6 Å². The SMILES string of the molecule is C=C(C)c1ccc(C2(C)Cc3ccccc3N2C)cc1. The van der Waals surface area contributed by atoms with Gasteiger partial charge < -0.3 is 4.90 Å². The Labute approximate surface area is 121 Å². The van der Waals surface area contributed by atoms with Crippen molar-refractivity contribution in [1.82, 2.24) is 0 Å². The first-order valence-corrected chi connectivity index (χ1v) is 7.10. The van der Waals surface area contributed by atoms with Crippen molar-refractivity contribution in [3.63, 3.8) is 0 Å². The van der Waals surface area contributed by atoms with Crippen molar-refractivity contribution in [2.24, 2.45) is 0 Å². The van der Waals surface area contributed by atoms with E-state index in [1.54, 1.807) is 0 Å². The first-order chi connectivity index (χ1) is 9.52. The summed E-state index contributed by atoms with van der Waals surface area (Å²) in [6.45, 7) is 8.38. The third kappa shape index (κ3) is 1.85. The van der Waals surface area contributed by atoms with Crippen LogP contribution in [0, 0.1) is 0 Å². The van der Waals surface area contributed by atoms with E-state index in [4.69, 9.17) is 0 Å². The van der Waals surface area contributed by atoms with E-state index in [-0.39, 0.29) is 5.54 Å². The molecule has 2 aromatic carbocycles. The highest BCUT2D eigenvalue weighted by Crippen LogP contribution is 2.43. The molecular formula is C19H21N. The molecule has 1 nitrogen and oxygen atoms in total. The quantitative estimate of drug-likeness (QED) is 0.763. The zero-order chi connectivity index (χ0) is 14.3. The molecule has 0 aromatic heterocycles. The highest BCUT2D eigenvalue weighted by atomic mass is 15.2. The summed E-state index contributed by atoms with van der Waals surface area (Å²) < 4.78 is 0. The molecule has 1 unspecified atom stereocenters. The van der Waals surface area contributed by atoms with Crippen molar-refractivity contribution in [2.45, 2.75) is 25.8 Å². The Morgan fingerprint density at radius 3 is 2.35 bits per heavy atom. The third-order valence-corrected chi connectivity index (χ3v) is 4.63. The predicted molar refractivity (Wildman–Crippen MR) is 87.1 cm³/mol. The van der Waals surface area contributed by atoms with Crippen LogP contribution >= 0.6 is 0 Å². The summed E-state index contributed by atoms with van der Waals surface area (Å²) in [4.78, 5) is 2.40. The number of hydrogen-bond acceptors (Lipinski definition) is 1. The fourth-order valence-corrected chi connectivity index (χ4v) is 3.15. The molecule has 0 amide bonds. The molecule has 1 aliphatic heterocycles. The zero-order valence-electron chi connectivity index (χ0n) is 12.5. The molecule has 0 spiro atoms. The Morgan fingerprint density at radius 2 is 1.75 bits per heavy atom. The van der Waals surface area contributed by atoms with Crippen LogP contribution in [0.2, 0.25) is 0 Å². The molecule has 20 heavy (non-hydrogen) atoms. The van der Waals surface area contributed by atoms with Crippen LogP contribution in [0.15, 0.2) is 55.1 Å². The molecule has 0 N–H and O–H groups in total. The van der Waals surface area contributed by atoms with Gasteiger partial charge in [-0.05, 0) is 36.6 Å². The topological polar surface area (TPSA) is 3.24 Å². The van der Waals surface area contributed by atoms with E-state index in [0.717, 1.165) is 12.0 Å². The number of anilines is 1. The molecule has 102 valence electrons. The van der Waals surface area contributed by atoms with Crippen molar-refractivity contribution >= 4 is 11.3 Å². The standard InChI is InChI=1S/C19H21N/c1-14(2)15-9-11-17(12-10-15)19(3)13-16-7-5-6-8-18(16)20(19)4/h5-12H,1,13H2,2-4H3. The smallest absolute Gasteiger partial charge is 0.0663 e. The Morgan fingerprint density at radius 1 is 1.10 bits per heavy atom. The summed E-state index contributed by atoms with van der Waals surface area (Å²) >= 11 is 0. The van der Waals surface area contributed by atoms with E-state index in [1.807, 2.05) is 6.92 Å². The second kappa shape index (κ2) is 4.52.